The summed E-state index contributed by atoms with van der Waals surface area (Å²) in [5, 5.41) is 0. The SMILES string of the molecule is CCCCC/C(C)=C/C/C=C/C/C=C/CCCCCCCl. The molecular formula is C20H35Cl. The van der Waals surface area contributed by atoms with Gasteiger partial charge in [0.05, 0.1) is 0 Å². The zero-order chi connectivity index (χ0) is 15.6. The minimum absolute atomic E-state index is 0.813. The van der Waals surface area contributed by atoms with Crippen LogP contribution in [0.2, 0.25) is 0 Å². The Bertz CT molecular complexity index is 286. The number of unbranched alkanes of at least 4 members (excludes halogenated alkanes) is 6. The second-order valence-corrected chi connectivity index (χ2v) is 6.19. The van der Waals surface area contributed by atoms with Gasteiger partial charge in [0.1, 0.15) is 0 Å². The van der Waals surface area contributed by atoms with E-state index in [1.165, 1.54) is 57.8 Å². The third-order valence-corrected chi connectivity index (χ3v) is 3.90. The highest BCUT2D eigenvalue weighted by atomic mass is 35.5. The summed E-state index contributed by atoms with van der Waals surface area (Å²) in [6, 6.07) is 0. The van der Waals surface area contributed by atoms with E-state index in [2.05, 4.69) is 44.2 Å². The fourth-order valence-electron chi connectivity index (χ4n) is 2.22. The molecular weight excluding hydrogens is 276 g/mol. The molecule has 0 nitrogen and oxygen atoms in total. The van der Waals surface area contributed by atoms with E-state index < -0.39 is 0 Å². The Morgan fingerprint density at radius 1 is 0.810 bits per heavy atom. The minimum atomic E-state index is 0.813. The average Bonchev–Trinajstić information content (AvgIpc) is 2.48. The fraction of sp³-hybridized carbons (Fsp3) is 0.700. The predicted molar refractivity (Wildman–Crippen MR) is 99.2 cm³/mol. The van der Waals surface area contributed by atoms with E-state index in [1.807, 2.05) is 0 Å². The van der Waals surface area contributed by atoms with Gasteiger partial charge in [-0.1, -0.05) is 68.6 Å². The molecule has 0 saturated carbocycles. The van der Waals surface area contributed by atoms with Gasteiger partial charge < -0.3 is 0 Å². The molecule has 0 aliphatic rings. The van der Waals surface area contributed by atoms with Gasteiger partial charge in [0, 0.05) is 5.88 Å². The second kappa shape index (κ2) is 17.6. The van der Waals surface area contributed by atoms with Crippen molar-refractivity contribution in [1.82, 2.24) is 0 Å². The van der Waals surface area contributed by atoms with E-state index in [4.69, 9.17) is 11.6 Å². The van der Waals surface area contributed by atoms with Crippen LogP contribution in [-0.2, 0) is 0 Å². The molecule has 0 aromatic heterocycles. The maximum Gasteiger partial charge on any atom is 0.0223 e. The lowest BCUT2D eigenvalue weighted by molar-refractivity contribution is 0.676. The van der Waals surface area contributed by atoms with Crippen molar-refractivity contribution in [3.05, 3.63) is 36.0 Å². The van der Waals surface area contributed by atoms with Crippen LogP contribution in [0.4, 0.5) is 0 Å². The summed E-state index contributed by atoms with van der Waals surface area (Å²) in [7, 11) is 0. The van der Waals surface area contributed by atoms with Crippen LogP contribution in [-0.4, -0.2) is 5.88 Å². The zero-order valence-electron chi connectivity index (χ0n) is 14.2. The highest BCUT2D eigenvalue weighted by molar-refractivity contribution is 6.17. The van der Waals surface area contributed by atoms with Crippen molar-refractivity contribution >= 4 is 11.6 Å². The smallest absolute Gasteiger partial charge is 0.0223 e. The minimum Gasteiger partial charge on any atom is -0.127 e. The van der Waals surface area contributed by atoms with E-state index in [9.17, 15) is 0 Å². The lowest BCUT2D eigenvalue weighted by atomic mass is 10.1. The Morgan fingerprint density at radius 3 is 2.29 bits per heavy atom. The van der Waals surface area contributed by atoms with Crippen LogP contribution < -0.4 is 0 Å². The monoisotopic (exact) mass is 310 g/mol. The van der Waals surface area contributed by atoms with Crippen LogP contribution in [0, 0.1) is 0 Å². The van der Waals surface area contributed by atoms with Crippen molar-refractivity contribution in [2.24, 2.45) is 0 Å². The quantitative estimate of drug-likeness (QED) is 0.176. The Morgan fingerprint density at radius 2 is 1.52 bits per heavy atom. The molecule has 0 N–H and O–H groups in total. The van der Waals surface area contributed by atoms with Gasteiger partial charge in [-0.15, -0.1) is 11.6 Å². The Balaban J connectivity index is 3.44. The first-order valence-corrected chi connectivity index (χ1v) is 9.36. The van der Waals surface area contributed by atoms with Gasteiger partial charge in [-0.05, 0) is 51.9 Å². The van der Waals surface area contributed by atoms with Crippen LogP contribution >= 0.6 is 11.6 Å². The molecule has 0 heterocycles. The van der Waals surface area contributed by atoms with Crippen LogP contribution in [0.25, 0.3) is 0 Å². The Labute approximate surface area is 138 Å². The number of allylic oxidation sites excluding steroid dienone is 6. The first-order chi connectivity index (χ1) is 10.3. The molecule has 0 amide bonds. The molecule has 0 atom stereocenters. The molecule has 122 valence electrons. The molecule has 0 bridgehead atoms. The molecule has 0 rings (SSSR count). The lowest BCUT2D eigenvalue weighted by Crippen LogP contribution is -1.78. The summed E-state index contributed by atoms with van der Waals surface area (Å²) in [6.07, 6.45) is 25.3. The summed E-state index contributed by atoms with van der Waals surface area (Å²) in [6.45, 7) is 4.52. The van der Waals surface area contributed by atoms with Crippen molar-refractivity contribution in [2.45, 2.75) is 84.5 Å². The van der Waals surface area contributed by atoms with Crippen LogP contribution in [0.3, 0.4) is 0 Å². The van der Waals surface area contributed by atoms with Crippen molar-refractivity contribution in [1.29, 1.82) is 0 Å². The number of rotatable bonds is 14. The van der Waals surface area contributed by atoms with Crippen LogP contribution in [0.1, 0.15) is 84.5 Å². The first-order valence-electron chi connectivity index (χ1n) is 8.82. The molecule has 0 aliphatic carbocycles. The van der Waals surface area contributed by atoms with Gasteiger partial charge in [-0.25, -0.2) is 0 Å². The normalized spacial score (nSPS) is 12.8. The second-order valence-electron chi connectivity index (χ2n) is 5.81. The highest BCUT2D eigenvalue weighted by Crippen LogP contribution is 2.09. The van der Waals surface area contributed by atoms with Gasteiger partial charge in [0.15, 0.2) is 0 Å². The summed E-state index contributed by atoms with van der Waals surface area (Å²) in [4.78, 5) is 0. The number of alkyl halides is 1. The van der Waals surface area contributed by atoms with Crippen LogP contribution in [0.5, 0.6) is 0 Å². The zero-order valence-corrected chi connectivity index (χ0v) is 15.0. The first kappa shape index (κ1) is 20.5. The average molecular weight is 311 g/mol. The molecule has 0 spiro atoms. The number of halogens is 1. The summed E-state index contributed by atoms with van der Waals surface area (Å²) >= 11 is 5.65. The van der Waals surface area contributed by atoms with Crippen molar-refractivity contribution in [3.8, 4) is 0 Å². The van der Waals surface area contributed by atoms with E-state index in [-0.39, 0.29) is 0 Å². The van der Waals surface area contributed by atoms with E-state index in [0.717, 1.165) is 18.7 Å². The van der Waals surface area contributed by atoms with Crippen molar-refractivity contribution in [2.75, 3.05) is 5.88 Å². The lowest BCUT2D eigenvalue weighted by Gasteiger charge is -1.98. The molecule has 0 aromatic rings. The van der Waals surface area contributed by atoms with Gasteiger partial charge >= 0.3 is 0 Å². The van der Waals surface area contributed by atoms with Crippen molar-refractivity contribution < 1.29 is 0 Å². The molecule has 0 aromatic carbocycles. The van der Waals surface area contributed by atoms with Gasteiger partial charge in [0.2, 0.25) is 0 Å². The third kappa shape index (κ3) is 17.5. The summed E-state index contributed by atoms with van der Waals surface area (Å²) < 4.78 is 0. The van der Waals surface area contributed by atoms with Crippen LogP contribution in [0.15, 0.2) is 36.0 Å². The molecule has 0 aliphatic heterocycles. The molecule has 21 heavy (non-hydrogen) atoms. The fourth-order valence-corrected chi connectivity index (χ4v) is 2.41. The van der Waals surface area contributed by atoms with E-state index >= 15 is 0 Å². The van der Waals surface area contributed by atoms with Gasteiger partial charge in [0.25, 0.3) is 0 Å². The van der Waals surface area contributed by atoms with Crippen molar-refractivity contribution in [3.63, 3.8) is 0 Å². The molecule has 0 saturated heterocycles. The maximum atomic E-state index is 5.65. The summed E-state index contributed by atoms with van der Waals surface area (Å²) in [5.41, 5.74) is 1.54. The van der Waals surface area contributed by atoms with Gasteiger partial charge in [-0.3, -0.25) is 0 Å². The summed E-state index contributed by atoms with van der Waals surface area (Å²) in [5.74, 6) is 0.813. The highest BCUT2D eigenvalue weighted by Gasteiger charge is 1.89. The standard InChI is InChI=1S/C20H35Cl/c1-3-4-14-17-20(2)18-15-12-10-8-6-5-7-9-11-13-16-19-21/h5-6,10,12,18H,3-4,7-9,11,13-17,19H2,1-2H3/b6-5+,12-10+,20-18+. The maximum absolute atomic E-state index is 5.65. The molecule has 0 radical (unpaired) electrons. The Kier molecular flexibility index (Phi) is 17.2. The number of hydrogen-bond donors (Lipinski definition) is 0. The van der Waals surface area contributed by atoms with E-state index in [0.29, 0.717) is 0 Å². The largest absolute Gasteiger partial charge is 0.127 e. The molecule has 0 unspecified atom stereocenters. The van der Waals surface area contributed by atoms with E-state index in [1.54, 1.807) is 5.57 Å². The van der Waals surface area contributed by atoms with Gasteiger partial charge in [-0.2, -0.15) is 0 Å². The molecule has 1 heteroatoms. The predicted octanol–water partition coefficient (Wildman–Crippen LogP) is 7.59. The molecule has 0 fully saturated rings. The number of hydrogen-bond acceptors (Lipinski definition) is 0. The Hall–Kier alpha value is -0.490. The topological polar surface area (TPSA) is 0 Å². The third-order valence-electron chi connectivity index (χ3n) is 3.64.